The summed E-state index contributed by atoms with van der Waals surface area (Å²) in [7, 11) is 1.64. The molecule has 0 aliphatic carbocycles. The molecule has 0 fully saturated rings. The van der Waals surface area contributed by atoms with Gasteiger partial charge in [-0.25, -0.2) is 0 Å². The van der Waals surface area contributed by atoms with E-state index >= 15 is 0 Å². The number of aliphatic hydroxyl groups excluding tert-OH is 1. The summed E-state index contributed by atoms with van der Waals surface area (Å²) in [5.41, 5.74) is 1.99. The van der Waals surface area contributed by atoms with Gasteiger partial charge in [-0.15, -0.1) is 0 Å². The SMILES string of the molecule is COc1cccc(C=C(C)CO)c1. The van der Waals surface area contributed by atoms with Crippen LogP contribution >= 0.6 is 0 Å². The van der Waals surface area contributed by atoms with Crippen LogP contribution in [0, 0.1) is 0 Å². The van der Waals surface area contributed by atoms with Crippen molar-refractivity contribution in [3.63, 3.8) is 0 Å². The summed E-state index contributed by atoms with van der Waals surface area (Å²) in [6.07, 6.45) is 1.93. The van der Waals surface area contributed by atoms with Crippen LogP contribution in [0.3, 0.4) is 0 Å². The highest BCUT2D eigenvalue weighted by molar-refractivity contribution is 5.54. The monoisotopic (exact) mass is 178 g/mol. The highest BCUT2D eigenvalue weighted by Crippen LogP contribution is 2.14. The lowest BCUT2D eigenvalue weighted by Crippen LogP contribution is -1.85. The van der Waals surface area contributed by atoms with Gasteiger partial charge in [0.25, 0.3) is 0 Å². The fraction of sp³-hybridized carbons (Fsp3) is 0.273. The first-order valence-corrected chi connectivity index (χ1v) is 4.18. The van der Waals surface area contributed by atoms with E-state index in [4.69, 9.17) is 9.84 Å². The Morgan fingerprint density at radius 1 is 1.54 bits per heavy atom. The Morgan fingerprint density at radius 3 is 2.92 bits per heavy atom. The van der Waals surface area contributed by atoms with E-state index in [1.807, 2.05) is 37.3 Å². The molecule has 0 aliphatic heterocycles. The maximum absolute atomic E-state index is 8.82. The van der Waals surface area contributed by atoms with Crippen molar-refractivity contribution < 1.29 is 9.84 Å². The van der Waals surface area contributed by atoms with Crippen LogP contribution in [0.25, 0.3) is 6.08 Å². The lowest BCUT2D eigenvalue weighted by Gasteiger charge is -2.01. The van der Waals surface area contributed by atoms with E-state index < -0.39 is 0 Å². The Bertz CT molecular complexity index is 303. The van der Waals surface area contributed by atoms with Crippen molar-refractivity contribution in [3.8, 4) is 5.75 Å². The Kier molecular flexibility index (Phi) is 3.53. The predicted molar refractivity (Wildman–Crippen MR) is 53.7 cm³/mol. The molecular weight excluding hydrogens is 164 g/mol. The average molecular weight is 178 g/mol. The minimum atomic E-state index is 0.0945. The van der Waals surface area contributed by atoms with Crippen LogP contribution in [0.5, 0.6) is 5.75 Å². The predicted octanol–water partition coefficient (Wildman–Crippen LogP) is 2.09. The van der Waals surface area contributed by atoms with Crippen LogP contribution < -0.4 is 4.74 Å². The molecule has 1 N–H and O–H groups in total. The minimum Gasteiger partial charge on any atom is -0.497 e. The van der Waals surface area contributed by atoms with E-state index in [1.165, 1.54) is 0 Å². The van der Waals surface area contributed by atoms with Crippen LogP contribution in [-0.2, 0) is 0 Å². The zero-order valence-corrected chi connectivity index (χ0v) is 7.95. The zero-order chi connectivity index (χ0) is 9.68. The Morgan fingerprint density at radius 2 is 2.31 bits per heavy atom. The summed E-state index contributed by atoms with van der Waals surface area (Å²) in [4.78, 5) is 0. The molecular formula is C11H14O2. The number of aliphatic hydroxyl groups is 1. The van der Waals surface area contributed by atoms with Gasteiger partial charge < -0.3 is 9.84 Å². The number of methoxy groups -OCH3 is 1. The molecule has 0 bridgehead atoms. The molecule has 0 unspecified atom stereocenters. The van der Waals surface area contributed by atoms with Gasteiger partial charge in [-0.1, -0.05) is 18.2 Å². The topological polar surface area (TPSA) is 29.5 Å². The Hall–Kier alpha value is -1.28. The molecule has 0 heterocycles. The normalized spacial score (nSPS) is 11.5. The van der Waals surface area contributed by atoms with E-state index in [9.17, 15) is 0 Å². The fourth-order valence-corrected chi connectivity index (χ4v) is 1.06. The summed E-state index contributed by atoms with van der Waals surface area (Å²) in [6.45, 7) is 1.98. The number of hydrogen-bond acceptors (Lipinski definition) is 2. The van der Waals surface area contributed by atoms with Gasteiger partial charge in [0, 0.05) is 0 Å². The fourth-order valence-electron chi connectivity index (χ4n) is 1.06. The van der Waals surface area contributed by atoms with Crippen molar-refractivity contribution >= 4 is 6.08 Å². The van der Waals surface area contributed by atoms with Crippen molar-refractivity contribution in [2.45, 2.75) is 6.92 Å². The van der Waals surface area contributed by atoms with Gasteiger partial charge in [0.05, 0.1) is 13.7 Å². The van der Waals surface area contributed by atoms with E-state index in [1.54, 1.807) is 7.11 Å². The third-order valence-corrected chi connectivity index (χ3v) is 1.76. The van der Waals surface area contributed by atoms with Crippen LogP contribution in [0.4, 0.5) is 0 Å². The summed E-state index contributed by atoms with van der Waals surface area (Å²) < 4.78 is 5.08. The maximum Gasteiger partial charge on any atom is 0.119 e. The van der Waals surface area contributed by atoms with Crippen molar-refractivity contribution in [3.05, 3.63) is 35.4 Å². The summed E-state index contributed by atoms with van der Waals surface area (Å²) in [6, 6.07) is 7.72. The first-order chi connectivity index (χ1) is 6.26. The highest BCUT2D eigenvalue weighted by Gasteiger charge is 1.92. The lowest BCUT2D eigenvalue weighted by atomic mass is 10.1. The molecule has 2 nitrogen and oxygen atoms in total. The number of hydrogen-bond donors (Lipinski definition) is 1. The second-order valence-electron chi connectivity index (χ2n) is 2.93. The van der Waals surface area contributed by atoms with E-state index in [2.05, 4.69) is 0 Å². The van der Waals surface area contributed by atoms with Gasteiger partial charge in [0.2, 0.25) is 0 Å². The van der Waals surface area contributed by atoms with E-state index in [0.717, 1.165) is 16.9 Å². The molecule has 0 aromatic heterocycles. The van der Waals surface area contributed by atoms with Gasteiger partial charge >= 0.3 is 0 Å². The largest absolute Gasteiger partial charge is 0.497 e. The lowest BCUT2D eigenvalue weighted by molar-refractivity contribution is 0.332. The van der Waals surface area contributed by atoms with Crippen LogP contribution in [0.1, 0.15) is 12.5 Å². The third kappa shape index (κ3) is 2.92. The number of ether oxygens (including phenoxy) is 1. The zero-order valence-electron chi connectivity index (χ0n) is 7.95. The first kappa shape index (κ1) is 9.81. The summed E-state index contributed by atoms with van der Waals surface area (Å²) >= 11 is 0. The molecule has 0 aliphatic rings. The standard InChI is InChI=1S/C11H14O2/c1-9(8-12)6-10-4-3-5-11(7-10)13-2/h3-7,12H,8H2,1-2H3. The van der Waals surface area contributed by atoms with E-state index in [0.29, 0.717) is 0 Å². The van der Waals surface area contributed by atoms with Crippen molar-refractivity contribution in [2.75, 3.05) is 13.7 Å². The average Bonchev–Trinajstić information content (AvgIpc) is 2.18. The van der Waals surface area contributed by atoms with Gasteiger partial charge in [0.15, 0.2) is 0 Å². The highest BCUT2D eigenvalue weighted by atomic mass is 16.5. The second kappa shape index (κ2) is 4.67. The molecule has 70 valence electrons. The molecule has 2 heteroatoms. The first-order valence-electron chi connectivity index (χ1n) is 4.18. The van der Waals surface area contributed by atoms with Crippen molar-refractivity contribution in [2.24, 2.45) is 0 Å². The number of rotatable bonds is 3. The maximum atomic E-state index is 8.82. The molecule has 0 radical (unpaired) electrons. The molecule has 1 aromatic rings. The quantitative estimate of drug-likeness (QED) is 0.768. The van der Waals surface area contributed by atoms with Crippen LogP contribution in [-0.4, -0.2) is 18.8 Å². The van der Waals surface area contributed by atoms with Crippen molar-refractivity contribution in [1.29, 1.82) is 0 Å². The van der Waals surface area contributed by atoms with Gasteiger partial charge in [0.1, 0.15) is 5.75 Å². The molecule has 0 spiro atoms. The third-order valence-electron chi connectivity index (χ3n) is 1.76. The van der Waals surface area contributed by atoms with Gasteiger partial charge in [-0.3, -0.25) is 0 Å². The summed E-state index contributed by atoms with van der Waals surface area (Å²) in [5, 5.41) is 8.82. The Balaban J connectivity index is 2.89. The van der Waals surface area contributed by atoms with Crippen molar-refractivity contribution in [1.82, 2.24) is 0 Å². The molecule has 1 aromatic carbocycles. The number of benzene rings is 1. The van der Waals surface area contributed by atoms with Crippen LogP contribution in [0.15, 0.2) is 29.8 Å². The molecule has 1 rings (SSSR count). The molecule has 13 heavy (non-hydrogen) atoms. The molecule has 0 saturated carbocycles. The molecule has 0 amide bonds. The van der Waals surface area contributed by atoms with E-state index in [-0.39, 0.29) is 6.61 Å². The van der Waals surface area contributed by atoms with Gasteiger partial charge in [-0.2, -0.15) is 0 Å². The van der Waals surface area contributed by atoms with Crippen LogP contribution in [0.2, 0.25) is 0 Å². The van der Waals surface area contributed by atoms with Gasteiger partial charge in [-0.05, 0) is 30.2 Å². The molecule has 0 saturated heterocycles. The minimum absolute atomic E-state index is 0.0945. The smallest absolute Gasteiger partial charge is 0.119 e. The summed E-state index contributed by atoms with van der Waals surface area (Å²) in [5.74, 6) is 0.833. The second-order valence-corrected chi connectivity index (χ2v) is 2.93. The Labute approximate surface area is 78.5 Å². The molecule has 0 atom stereocenters.